The van der Waals surface area contributed by atoms with Crippen LogP contribution in [0.5, 0.6) is 0 Å². The van der Waals surface area contributed by atoms with E-state index in [0.29, 0.717) is 6.54 Å². The van der Waals surface area contributed by atoms with E-state index in [9.17, 15) is 8.42 Å². The van der Waals surface area contributed by atoms with Gasteiger partial charge in [0.15, 0.2) is 5.13 Å². The highest BCUT2D eigenvalue weighted by atomic mass is 32.2. The maximum absolute atomic E-state index is 13.2. The summed E-state index contributed by atoms with van der Waals surface area (Å²) in [6.07, 6.45) is 0. The van der Waals surface area contributed by atoms with Gasteiger partial charge in [-0.2, -0.15) is 4.31 Å². The maximum Gasteiger partial charge on any atom is 0.243 e. The van der Waals surface area contributed by atoms with Crippen LogP contribution in [0.3, 0.4) is 0 Å². The standard InChI is InChI=1S/C26H27N3O2S2/c1-18-13-19(2)25(20(3)14-18)28-26-27-24(17-32-26)22-11-8-12-23(15-22)33(30,31)29(4)16-21-9-6-5-7-10-21/h5-15,17H,16H2,1-4H3,(H,27,28). The summed E-state index contributed by atoms with van der Waals surface area (Å²) >= 11 is 1.50. The van der Waals surface area contributed by atoms with E-state index in [2.05, 4.69) is 38.2 Å². The Balaban J connectivity index is 1.57. The first-order valence-corrected chi connectivity index (χ1v) is 13.0. The van der Waals surface area contributed by atoms with Gasteiger partial charge in [-0.05, 0) is 49.6 Å². The van der Waals surface area contributed by atoms with Gasteiger partial charge in [0.25, 0.3) is 0 Å². The minimum absolute atomic E-state index is 0.256. The molecular weight excluding hydrogens is 450 g/mol. The van der Waals surface area contributed by atoms with Gasteiger partial charge in [0.1, 0.15) is 0 Å². The van der Waals surface area contributed by atoms with Crippen molar-refractivity contribution in [2.75, 3.05) is 12.4 Å². The molecule has 0 fully saturated rings. The Morgan fingerprint density at radius 2 is 1.64 bits per heavy atom. The average molecular weight is 478 g/mol. The van der Waals surface area contributed by atoms with Gasteiger partial charge in [-0.3, -0.25) is 0 Å². The number of nitrogens with zero attached hydrogens (tertiary/aromatic N) is 2. The summed E-state index contributed by atoms with van der Waals surface area (Å²) in [5.41, 5.74) is 7.07. The predicted octanol–water partition coefficient (Wildman–Crippen LogP) is 6.30. The van der Waals surface area contributed by atoms with Crippen LogP contribution in [-0.4, -0.2) is 24.8 Å². The van der Waals surface area contributed by atoms with Crippen molar-refractivity contribution in [3.63, 3.8) is 0 Å². The highest BCUT2D eigenvalue weighted by Gasteiger charge is 2.22. The maximum atomic E-state index is 13.2. The second-order valence-electron chi connectivity index (χ2n) is 8.21. The van der Waals surface area contributed by atoms with Gasteiger partial charge >= 0.3 is 0 Å². The number of hydrogen-bond acceptors (Lipinski definition) is 5. The van der Waals surface area contributed by atoms with E-state index in [1.165, 1.54) is 32.3 Å². The van der Waals surface area contributed by atoms with E-state index in [4.69, 9.17) is 4.98 Å². The van der Waals surface area contributed by atoms with Crippen molar-refractivity contribution in [1.82, 2.24) is 9.29 Å². The summed E-state index contributed by atoms with van der Waals surface area (Å²) in [7, 11) is -2.03. The molecule has 0 spiro atoms. The molecule has 0 aliphatic heterocycles. The number of sulfonamides is 1. The molecule has 4 aromatic rings. The van der Waals surface area contributed by atoms with Crippen molar-refractivity contribution in [2.45, 2.75) is 32.2 Å². The first kappa shape index (κ1) is 23.2. The Morgan fingerprint density at radius 1 is 0.939 bits per heavy atom. The fourth-order valence-electron chi connectivity index (χ4n) is 3.87. The van der Waals surface area contributed by atoms with Gasteiger partial charge in [-0.15, -0.1) is 11.3 Å². The first-order chi connectivity index (χ1) is 15.7. The van der Waals surface area contributed by atoms with Crippen LogP contribution in [0.15, 0.2) is 77.0 Å². The van der Waals surface area contributed by atoms with Gasteiger partial charge in [-0.1, -0.05) is 60.2 Å². The zero-order chi connectivity index (χ0) is 23.6. The summed E-state index contributed by atoms with van der Waals surface area (Å²) in [6, 6.07) is 20.8. The summed E-state index contributed by atoms with van der Waals surface area (Å²) in [4.78, 5) is 4.97. The van der Waals surface area contributed by atoms with Crippen LogP contribution in [0.25, 0.3) is 11.3 Å². The van der Waals surface area contributed by atoms with Gasteiger partial charge in [0.2, 0.25) is 10.0 Å². The fraction of sp³-hybridized carbons (Fsp3) is 0.192. The molecule has 1 aromatic heterocycles. The van der Waals surface area contributed by atoms with E-state index in [-0.39, 0.29) is 4.90 Å². The highest BCUT2D eigenvalue weighted by Crippen LogP contribution is 2.31. The number of anilines is 2. The molecule has 3 aromatic carbocycles. The third-order valence-corrected chi connectivity index (χ3v) is 8.06. The van der Waals surface area contributed by atoms with Crippen LogP contribution in [0.2, 0.25) is 0 Å². The highest BCUT2D eigenvalue weighted by molar-refractivity contribution is 7.89. The van der Waals surface area contributed by atoms with E-state index in [0.717, 1.165) is 27.6 Å². The van der Waals surface area contributed by atoms with Crippen LogP contribution in [0.1, 0.15) is 22.3 Å². The number of aromatic nitrogens is 1. The molecule has 1 heterocycles. The molecule has 0 saturated carbocycles. The second-order valence-corrected chi connectivity index (χ2v) is 11.1. The SMILES string of the molecule is Cc1cc(C)c(Nc2nc(-c3cccc(S(=O)(=O)N(C)Cc4ccccc4)c3)cs2)c(C)c1. The molecule has 4 rings (SSSR count). The van der Waals surface area contributed by atoms with Crippen LogP contribution < -0.4 is 5.32 Å². The Hall–Kier alpha value is -3.00. The molecule has 1 N–H and O–H groups in total. The molecule has 5 nitrogen and oxygen atoms in total. The predicted molar refractivity (Wildman–Crippen MR) is 137 cm³/mol. The van der Waals surface area contributed by atoms with E-state index >= 15 is 0 Å². The lowest BCUT2D eigenvalue weighted by atomic mass is 10.1. The average Bonchev–Trinajstić information content (AvgIpc) is 3.26. The third-order valence-electron chi connectivity index (χ3n) is 5.50. The molecule has 0 unspecified atom stereocenters. The Bertz CT molecular complexity index is 1360. The topological polar surface area (TPSA) is 62.3 Å². The quantitative estimate of drug-likeness (QED) is 0.339. The fourth-order valence-corrected chi connectivity index (χ4v) is 5.80. The molecule has 0 bridgehead atoms. The van der Waals surface area contributed by atoms with Crippen LogP contribution in [-0.2, 0) is 16.6 Å². The lowest BCUT2D eigenvalue weighted by Crippen LogP contribution is -2.26. The van der Waals surface area contributed by atoms with E-state index in [1.807, 2.05) is 41.8 Å². The van der Waals surface area contributed by atoms with Crippen LogP contribution in [0, 0.1) is 20.8 Å². The zero-order valence-electron chi connectivity index (χ0n) is 19.2. The van der Waals surface area contributed by atoms with Crippen molar-refractivity contribution < 1.29 is 8.42 Å². The van der Waals surface area contributed by atoms with Gasteiger partial charge in [0, 0.05) is 30.2 Å². The molecule has 0 aliphatic rings. The molecule has 0 aliphatic carbocycles. The zero-order valence-corrected chi connectivity index (χ0v) is 20.8. The lowest BCUT2D eigenvalue weighted by molar-refractivity contribution is 0.467. The van der Waals surface area contributed by atoms with Gasteiger partial charge in [0.05, 0.1) is 10.6 Å². The molecular formula is C26H27N3O2S2. The van der Waals surface area contributed by atoms with Gasteiger partial charge in [-0.25, -0.2) is 13.4 Å². The number of aryl methyl sites for hydroxylation is 3. The molecule has 0 atom stereocenters. The number of hydrogen-bond donors (Lipinski definition) is 1. The number of nitrogens with one attached hydrogen (secondary N) is 1. The van der Waals surface area contributed by atoms with Crippen molar-refractivity contribution in [3.05, 3.63) is 94.4 Å². The third kappa shape index (κ3) is 5.16. The monoisotopic (exact) mass is 477 g/mol. The van der Waals surface area contributed by atoms with Crippen molar-refractivity contribution in [1.29, 1.82) is 0 Å². The summed E-state index contributed by atoms with van der Waals surface area (Å²) in [5.74, 6) is 0. The molecule has 7 heteroatoms. The Kier molecular flexibility index (Phi) is 6.65. The molecule has 33 heavy (non-hydrogen) atoms. The smallest absolute Gasteiger partial charge is 0.243 e. The Morgan fingerprint density at radius 3 is 2.33 bits per heavy atom. The van der Waals surface area contributed by atoms with Gasteiger partial charge < -0.3 is 5.32 Å². The van der Waals surface area contributed by atoms with Crippen molar-refractivity contribution in [3.8, 4) is 11.3 Å². The minimum atomic E-state index is -3.63. The summed E-state index contributed by atoms with van der Waals surface area (Å²) in [5, 5.41) is 6.15. The molecule has 0 radical (unpaired) electrons. The molecule has 0 amide bonds. The summed E-state index contributed by atoms with van der Waals surface area (Å²) < 4.78 is 27.7. The first-order valence-electron chi connectivity index (χ1n) is 10.6. The van der Waals surface area contributed by atoms with Crippen LogP contribution >= 0.6 is 11.3 Å². The largest absolute Gasteiger partial charge is 0.331 e. The number of benzene rings is 3. The second kappa shape index (κ2) is 9.47. The van der Waals surface area contributed by atoms with Crippen LogP contribution in [0.4, 0.5) is 10.8 Å². The Labute approximate surface area is 199 Å². The van der Waals surface area contributed by atoms with Crippen molar-refractivity contribution >= 4 is 32.2 Å². The molecule has 170 valence electrons. The molecule has 0 saturated heterocycles. The van der Waals surface area contributed by atoms with E-state index in [1.54, 1.807) is 25.2 Å². The van der Waals surface area contributed by atoms with Crippen molar-refractivity contribution in [2.24, 2.45) is 0 Å². The lowest BCUT2D eigenvalue weighted by Gasteiger charge is -2.17. The van der Waals surface area contributed by atoms with E-state index < -0.39 is 10.0 Å². The summed E-state index contributed by atoms with van der Waals surface area (Å²) in [6.45, 7) is 6.56. The minimum Gasteiger partial charge on any atom is -0.331 e. The normalized spacial score (nSPS) is 11.7. The number of rotatable bonds is 7. The number of thiazole rings is 1.